The summed E-state index contributed by atoms with van der Waals surface area (Å²) in [4.78, 5) is 37.2. The van der Waals surface area contributed by atoms with Crippen molar-refractivity contribution in [1.29, 1.82) is 0 Å². The van der Waals surface area contributed by atoms with Crippen LogP contribution in [-0.4, -0.2) is 50.7 Å². The van der Waals surface area contributed by atoms with E-state index in [9.17, 15) is 14.0 Å². The van der Waals surface area contributed by atoms with Crippen molar-refractivity contribution in [1.82, 2.24) is 19.9 Å². The highest BCUT2D eigenvalue weighted by atomic mass is 19.1. The number of H-pyrrole nitrogens is 1. The quantitative estimate of drug-likeness (QED) is 0.477. The van der Waals surface area contributed by atoms with Crippen LogP contribution < -0.4 is 15.7 Å². The number of hydrogen-bond acceptors (Lipinski definition) is 5. The van der Waals surface area contributed by atoms with Crippen molar-refractivity contribution >= 4 is 23.0 Å². The molecule has 2 aromatic heterocycles. The summed E-state index contributed by atoms with van der Waals surface area (Å²) in [6, 6.07) is 7.11. The van der Waals surface area contributed by atoms with Gasteiger partial charge in [-0.3, -0.25) is 9.59 Å². The molecule has 0 aliphatic heterocycles. The molecule has 0 atom stereocenters. The number of aliphatic hydroxyl groups excluding tert-OH is 1. The molecule has 186 valence electrons. The largest absolute Gasteiger partial charge is 0.490 e. The minimum absolute atomic E-state index is 0.0125. The lowest BCUT2D eigenvalue weighted by molar-refractivity contribution is -0.126. The van der Waals surface area contributed by atoms with Gasteiger partial charge in [-0.25, -0.2) is 9.37 Å². The Balaban J connectivity index is 1.69. The van der Waals surface area contributed by atoms with Gasteiger partial charge in [-0.15, -0.1) is 0 Å². The zero-order valence-corrected chi connectivity index (χ0v) is 19.8. The Hall–Kier alpha value is -3.53. The smallest absolute Gasteiger partial charge is 0.280 e. The molecule has 1 aromatic carbocycles. The molecule has 4 rings (SSSR count). The third-order valence-corrected chi connectivity index (χ3v) is 6.08. The van der Waals surface area contributed by atoms with Gasteiger partial charge in [-0.2, -0.15) is 4.99 Å². The van der Waals surface area contributed by atoms with Crippen molar-refractivity contribution in [3.05, 3.63) is 53.5 Å². The van der Waals surface area contributed by atoms with Crippen LogP contribution in [0.2, 0.25) is 0 Å². The molecule has 9 nitrogen and oxygen atoms in total. The summed E-state index contributed by atoms with van der Waals surface area (Å²) in [7, 11) is 0. The van der Waals surface area contributed by atoms with Crippen molar-refractivity contribution in [2.45, 2.75) is 51.6 Å². The molecule has 2 heterocycles. The van der Waals surface area contributed by atoms with Gasteiger partial charge < -0.3 is 24.7 Å². The number of rotatable bonds is 7. The van der Waals surface area contributed by atoms with Crippen LogP contribution in [0.4, 0.5) is 4.39 Å². The van der Waals surface area contributed by atoms with E-state index in [-0.39, 0.29) is 42.7 Å². The molecule has 0 spiro atoms. The monoisotopic (exact) mass is 483 g/mol. The molecule has 0 unspecified atom stereocenters. The van der Waals surface area contributed by atoms with Crippen molar-refractivity contribution in [3.63, 3.8) is 0 Å². The molecule has 2 amide bonds. The Bertz CT molecular complexity index is 1260. The number of amides is 2. The maximum atomic E-state index is 13.3. The van der Waals surface area contributed by atoms with E-state index in [0.717, 1.165) is 12.8 Å². The molecule has 3 aromatic rings. The van der Waals surface area contributed by atoms with E-state index in [4.69, 9.17) is 9.84 Å². The molecule has 0 bridgehead atoms. The van der Waals surface area contributed by atoms with Gasteiger partial charge in [0.2, 0.25) is 11.5 Å². The number of carbonyl (C=O) groups excluding carboxylic acids is 2. The highest BCUT2D eigenvalue weighted by molar-refractivity contribution is 5.94. The molecule has 1 saturated carbocycles. The normalized spacial score (nSPS) is 18.7. The van der Waals surface area contributed by atoms with Gasteiger partial charge in [0.05, 0.1) is 18.3 Å². The lowest BCUT2D eigenvalue weighted by atomic mass is 9.85. The number of aromatic amines is 1. The third-order valence-electron chi connectivity index (χ3n) is 6.08. The van der Waals surface area contributed by atoms with Gasteiger partial charge >= 0.3 is 0 Å². The van der Waals surface area contributed by atoms with Crippen LogP contribution in [0, 0.1) is 11.7 Å². The predicted octanol–water partition coefficient (Wildman–Crippen LogP) is 2.87. The van der Waals surface area contributed by atoms with Crippen molar-refractivity contribution in [2.24, 2.45) is 10.9 Å². The third kappa shape index (κ3) is 5.76. The second-order valence-corrected chi connectivity index (χ2v) is 9.02. The zero-order valence-electron chi connectivity index (χ0n) is 19.8. The lowest BCUT2D eigenvalue weighted by Crippen LogP contribution is -2.38. The second-order valence-electron chi connectivity index (χ2n) is 9.02. The molecule has 1 aliphatic carbocycles. The first-order valence-corrected chi connectivity index (χ1v) is 11.8. The van der Waals surface area contributed by atoms with Crippen LogP contribution in [0.1, 0.15) is 55.9 Å². The van der Waals surface area contributed by atoms with E-state index in [1.165, 1.54) is 30.5 Å². The number of halogens is 1. The van der Waals surface area contributed by atoms with E-state index >= 15 is 0 Å². The summed E-state index contributed by atoms with van der Waals surface area (Å²) in [6.07, 6.45) is 4.41. The summed E-state index contributed by atoms with van der Waals surface area (Å²) < 4.78 is 20.8. The highest BCUT2D eigenvalue weighted by Gasteiger charge is 2.29. The maximum Gasteiger partial charge on any atom is 0.280 e. The molecule has 35 heavy (non-hydrogen) atoms. The average molecular weight is 484 g/mol. The van der Waals surface area contributed by atoms with Gasteiger partial charge in [-0.05, 0) is 63.8 Å². The van der Waals surface area contributed by atoms with E-state index in [0.29, 0.717) is 35.4 Å². The fourth-order valence-corrected chi connectivity index (χ4v) is 4.44. The molecule has 1 aliphatic rings. The number of aliphatic hydroxyl groups is 1. The predicted molar refractivity (Wildman–Crippen MR) is 127 cm³/mol. The Kier molecular flexibility index (Phi) is 7.60. The van der Waals surface area contributed by atoms with Gasteiger partial charge in [0.25, 0.3) is 5.91 Å². The summed E-state index contributed by atoms with van der Waals surface area (Å²) >= 11 is 0. The first kappa shape index (κ1) is 24.6. The van der Waals surface area contributed by atoms with Gasteiger partial charge in [0.1, 0.15) is 18.2 Å². The number of benzene rings is 1. The van der Waals surface area contributed by atoms with Crippen LogP contribution in [0.15, 0.2) is 41.5 Å². The minimum atomic E-state index is -0.507. The van der Waals surface area contributed by atoms with Crippen molar-refractivity contribution < 1.29 is 23.8 Å². The number of fused-ring (bicyclic) bond motifs is 1. The number of nitrogens with zero attached hydrogens (tertiary/aromatic N) is 3. The van der Waals surface area contributed by atoms with E-state index in [2.05, 4.69) is 20.3 Å². The number of pyridine rings is 1. The van der Waals surface area contributed by atoms with Crippen molar-refractivity contribution in [2.75, 3.05) is 13.2 Å². The van der Waals surface area contributed by atoms with E-state index < -0.39 is 11.7 Å². The van der Waals surface area contributed by atoms with Crippen LogP contribution in [0.25, 0.3) is 11.2 Å². The standard InChI is InChI=1S/C25H30FN5O4/c1-15(2)28-23(33)17-5-9-19(10-6-17)31-21-13-20(35-12-11-32)14-27-22(21)29-25(31)30-24(34)16-3-7-18(26)8-4-16/h3-4,7-8,13-15,17,19,32H,5-6,9-12H2,1-2H3,(H,28,33)(H,27,29,30,34). The molecule has 3 N–H and O–H groups in total. The van der Waals surface area contributed by atoms with Gasteiger partial charge in [0, 0.05) is 29.6 Å². The number of ether oxygens (including phenoxy) is 1. The zero-order chi connectivity index (χ0) is 24.9. The molecule has 0 saturated heterocycles. The number of hydrogen-bond donors (Lipinski definition) is 3. The summed E-state index contributed by atoms with van der Waals surface area (Å²) in [5.41, 5.74) is 1.84. The minimum Gasteiger partial charge on any atom is -0.490 e. The molecule has 0 radical (unpaired) electrons. The topological polar surface area (TPSA) is 122 Å². The maximum absolute atomic E-state index is 13.3. The van der Waals surface area contributed by atoms with E-state index in [1.807, 2.05) is 18.4 Å². The summed E-state index contributed by atoms with van der Waals surface area (Å²) in [6.45, 7) is 3.90. The van der Waals surface area contributed by atoms with E-state index in [1.54, 1.807) is 6.07 Å². The molecular formula is C25H30FN5O4. The molecular weight excluding hydrogens is 453 g/mol. The van der Waals surface area contributed by atoms with Gasteiger partial charge in [-0.1, -0.05) is 0 Å². The summed E-state index contributed by atoms with van der Waals surface area (Å²) in [5, 5.41) is 12.1. The number of nitrogens with one attached hydrogen (secondary N) is 2. The SMILES string of the molecule is CC(C)NC(=O)C1CCC(n2/c(=N\C(=O)c3ccc(F)cc3)[nH]c3ncc(OCCO)cc32)CC1. The lowest BCUT2D eigenvalue weighted by Gasteiger charge is -2.29. The first-order chi connectivity index (χ1) is 16.9. The van der Waals surface area contributed by atoms with Gasteiger partial charge in [0.15, 0.2) is 5.65 Å². The number of imidazole rings is 1. The first-order valence-electron chi connectivity index (χ1n) is 11.8. The molecule has 10 heteroatoms. The molecule has 1 fully saturated rings. The number of carbonyl (C=O) groups is 2. The van der Waals surface area contributed by atoms with Crippen LogP contribution in [0.5, 0.6) is 5.75 Å². The Morgan fingerprint density at radius 1 is 1.26 bits per heavy atom. The Morgan fingerprint density at radius 2 is 1.97 bits per heavy atom. The van der Waals surface area contributed by atoms with Crippen molar-refractivity contribution in [3.8, 4) is 5.75 Å². The van der Waals surface area contributed by atoms with Crippen LogP contribution in [-0.2, 0) is 4.79 Å². The van der Waals surface area contributed by atoms with Crippen LogP contribution in [0.3, 0.4) is 0 Å². The number of aromatic nitrogens is 3. The average Bonchev–Trinajstić information content (AvgIpc) is 3.19. The van der Waals surface area contributed by atoms with Crippen LogP contribution >= 0.6 is 0 Å². The Morgan fingerprint density at radius 3 is 2.63 bits per heavy atom. The second kappa shape index (κ2) is 10.8. The fraction of sp³-hybridized carbons (Fsp3) is 0.440. The Labute approximate surface area is 202 Å². The fourth-order valence-electron chi connectivity index (χ4n) is 4.44. The highest BCUT2D eigenvalue weighted by Crippen LogP contribution is 2.33. The summed E-state index contributed by atoms with van der Waals surface area (Å²) in [5.74, 6) is -0.435.